The van der Waals surface area contributed by atoms with Gasteiger partial charge in [-0.05, 0) is 25.0 Å². The number of hydrogen-bond acceptors (Lipinski definition) is 5. The number of sulfonamides is 1. The van der Waals surface area contributed by atoms with Crippen molar-refractivity contribution in [3.05, 3.63) is 47.2 Å². The van der Waals surface area contributed by atoms with Crippen LogP contribution in [0.3, 0.4) is 0 Å². The molecule has 0 N–H and O–H groups in total. The Bertz CT molecular complexity index is 845. The standard InChI is InChI=1S/C15H14ClF2N3O3S/c16-10-7-19-15(20-8-10)24-13-2-1-3-21(9-13)25(22,23)14-5-11(17)4-12(18)6-14/h4-8,13H,1-3,9H2/t13-/m0/s1. The molecule has 3 rings (SSSR count). The van der Waals surface area contributed by atoms with E-state index in [1.807, 2.05) is 0 Å². The molecule has 134 valence electrons. The molecular formula is C15H14ClF2N3O3S. The topological polar surface area (TPSA) is 72.4 Å². The zero-order valence-electron chi connectivity index (χ0n) is 12.9. The lowest BCUT2D eigenvalue weighted by atomic mass is 10.1. The molecule has 0 saturated carbocycles. The van der Waals surface area contributed by atoms with Crippen LogP contribution in [0.4, 0.5) is 8.78 Å². The quantitative estimate of drug-likeness (QED) is 0.803. The Kier molecular flexibility index (Phi) is 5.16. The molecule has 2 heterocycles. The van der Waals surface area contributed by atoms with Crippen molar-refractivity contribution in [1.82, 2.24) is 14.3 Å². The Labute approximate surface area is 148 Å². The van der Waals surface area contributed by atoms with Gasteiger partial charge in [0.15, 0.2) is 0 Å². The molecule has 1 aliphatic rings. The van der Waals surface area contributed by atoms with Gasteiger partial charge in [-0.25, -0.2) is 27.2 Å². The summed E-state index contributed by atoms with van der Waals surface area (Å²) >= 11 is 5.70. The van der Waals surface area contributed by atoms with Gasteiger partial charge in [-0.2, -0.15) is 4.31 Å². The number of hydrogen-bond donors (Lipinski definition) is 0. The van der Waals surface area contributed by atoms with Gasteiger partial charge in [-0.15, -0.1) is 0 Å². The largest absolute Gasteiger partial charge is 0.459 e. The fourth-order valence-corrected chi connectivity index (χ4v) is 4.21. The first-order chi connectivity index (χ1) is 11.8. The summed E-state index contributed by atoms with van der Waals surface area (Å²) in [5, 5.41) is 0.355. The maximum atomic E-state index is 13.3. The minimum atomic E-state index is -4.03. The molecular weight excluding hydrogens is 376 g/mol. The summed E-state index contributed by atoms with van der Waals surface area (Å²) in [7, 11) is -4.03. The average Bonchev–Trinajstić information content (AvgIpc) is 2.56. The molecule has 0 unspecified atom stereocenters. The normalized spacial score (nSPS) is 18.9. The maximum Gasteiger partial charge on any atom is 0.316 e. The van der Waals surface area contributed by atoms with E-state index < -0.39 is 32.7 Å². The third kappa shape index (κ3) is 4.23. The number of ether oxygens (including phenoxy) is 1. The smallest absolute Gasteiger partial charge is 0.316 e. The number of aromatic nitrogens is 2. The van der Waals surface area contributed by atoms with Crippen LogP contribution < -0.4 is 4.74 Å². The highest BCUT2D eigenvalue weighted by Gasteiger charge is 2.32. The van der Waals surface area contributed by atoms with Crippen molar-refractivity contribution in [3.63, 3.8) is 0 Å². The van der Waals surface area contributed by atoms with Crippen molar-refractivity contribution in [1.29, 1.82) is 0 Å². The van der Waals surface area contributed by atoms with Gasteiger partial charge < -0.3 is 4.74 Å². The summed E-state index contributed by atoms with van der Waals surface area (Å²) in [6.45, 7) is 0.272. The van der Waals surface area contributed by atoms with E-state index in [9.17, 15) is 17.2 Å². The van der Waals surface area contributed by atoms with Gasteiger partial charge >= 0.3 is 6.01 Å². The zero-order chi connectivity index (χ0) is 18.0. The highest BCUT2D eigenvalue weighted by molar-refractivity contribution is 7.89. The SMILES string of the molecule is O=S(=O)(c1cc(F)cc(F)c1)N1CCC[C@H](Oc2ncc(Cl)cn2)C1. The molecule has 1 saturated heterocycles. The van der Waals surface area contributed by atoms with Crippen LogP contribution in [-0.4, -0.2) is 41.9 Å². The predicted molar refractivity (Wildman–Crippen MR) is 85.8 cm³/mol. The summed E-state index contributed by atoms with van der Waals surface area (Å²) in [4.78, 5) is 7.39. The molecule has 2 aromatic rings. The van der Waals surface area contributed by atoms with Gasteiger partial charge in [-0.1, -0.05) is 11.6 Å². The fraction of sp³-hybridized carbons (Fsp3) is 0.333. The lowest BCUT2D eigenvalue weighted by Crippen LogP contribution is -2.44. The number of nitrogens with zero attached hydrogens (tertiary/aromatic N) is 3. The first-order valence-corrected chi connectivity index (χ1v) is 9.27. The summed E-state index contributed by atoms with van der Waals surface area (Å²) in [5.74, 6) is -1.89. The molecule has 0 amide bonds. The highest BCUT2D eigenvalue weighted by atomic mass is 35.5. The Morgan fingerprint density at radius 1 is 1.16 bits per heavy atom. The molecule has 0 bridgehead atoms. The number of benzene rings is 1. The summed E-state index contributed by atoms with van der Waals surface area (Å²) in [6.07, 6.45) is 3.42. The van der Waals surface area contributed by atoms with Crippen LogP contribution in [0, 0.1) is 11.6 Å². The van der Waals surface area contributed by atoms with Gasteiger partial charge in [0.25, 0.3) is 0 Å². The van der Waals surface area contributed by atoms with Crippen LogP contribution in [-0.2, 0) is 10.0 Å². The van der Waals surface area contributed by atoms with E-state index in [-0.39, 0.29) is 19.1 Å². The van der Waals surface area contributed by atoms with Gasteiger partial charge in [0, 0.05) is 12.6 Å². The second-order valence-corrected chi connectivity index (χ2v) is 7.91. The second-order valence-electron chi connectivity index (χ2n) is 5.53. The Morgan fingerprint density at radius 2 is 1.80 bits per heavy atom. The van der Waals surface area contributed by atoms with E-state index in [1.54, 1.807) is 0 Å². The van der Waals surface area contributed by atoms with Crippen LogP contribution in [0.25, 0.3) is 0 Å². The molecule has 1 aliphatic heterocycles. The van der Waals surface area contributed by atoms with E-state index in [1.165, 1.54) is 12.4 Å². The molecule has 0 radical (unpaired) electrons. The Balaban J connectivity index is 1.76. The van der Waals surface area contributed by atoms with E-state index in [4.69, 9.17) is 16.3 Å². The third-order valence-corrected chi connectivity index (χ3v) is 5.72. The Morgan fingerprint density at radius 3 is 2.44 bits per heavy atom. The highest BCUT2D eigenvalue weighted by Crippen LogP contribution is 2.24. The minimum absolute atomic E-state index is 0.0342. The van der Waals surface area contributed by atoms with Crippen LogP contribution in [0.2, 0.25) is 5.02 Å². The van der Waals surface area contributed by atoms with E-state index in [0.717, 1.165) is 16.4 Å². The molecule has 0 spiro atoms. The molecule has 0 aliphatic carbocycles. The monoisotopic (exact) mass is 389 g/mol. The van der Waals surface area contributed by atoms with Crippen molar-refractivity contribution in [3.8, 4) is 6.01 Å². The van der Waals surface area contributed by atoms with Crippen molar-refractivity contribution >= 4 is 21.6 Å². The van der Waals surface area contributed by atoms with E-state index in [2.05, 4.69) is 9.97 Å². The number of piperidine rings is 1. The number of halogens is 3. The number of rotatable bonds is 4. The Hall–Kier alpha value is -1.84. The molecule has 1 aromatic carbocycles. The van der Waals surface area contributed by atoms with Crippen molar-refractivity contribution in [2.45, 2.75) is 23.8 Å². The molecule has 1 atom stereocenters. The maximum absolute atomic E-state index is 13.3. The van der Waals surface area contributed by atoms with Crippen LogP contribution >= 0.6 is 11.6 Å². The lowest BCUT2D eigenvalue weighted by Gasteiger charge is -2.31. The third-order valence-electron chi connectivity index (χ3n) is 3.68. The first kappa shape index (κ1) is 18.0. The van der Waals surface area contributed by atoms with Crippen LogP contribution in [0.5, 0.6) is 6.01 Å². The van der Waals surface area contributed by atoms with Crippen molar-refractivity contribution in [2.75, 3.05) is 13.1 Å². The van der Waals surface area contributed by atoms with Gasteiger partial charge in [-0.3, -0.25) is 0 Å². The minimum Gasteiger partial charge on any atom is -0.459 e. The van der Waals surface area contributed by atoms with Crippen molar-refractivity contribution in [2.24, 2.45) is 0 Å². The summed E-state index contributed by atoms with van der Waals surface area (Å²) in [6, 6.07) is 2.31. The second kappa shape index (κ2) is 7.19. The van der Waals surface area contributed by atoms with Crippen LogP contribution in [0.15, 0.2) is 35.5 Å². The van der Waals surface area contributed by atoms with Crippen molar-refractivity contribution < 1.29 is 21.9 Å². The summed E-state index contributed by atoms with van der Waals surface area (Å²) in [5.41, 5.74) is 0. The van der Waals surface area contributed by atoms with Crippen LogP contribution in [0.1, 0.15) is 12.8 Å². The molecule has 1 aromatic heterocycles. The van der Waals surface area contributed by atoms with E-state index >= 15 is 0 Å². The molecule has 6 nitrogen and oxygen atoms in total. The lowest BCUT2D eigenvalue weighted by molar-refractivity contribution is 0.119. The predicted octanol–water partition coefficient (Wildman–Crippen LogP) is 2.64. The van der Waals surface area contributed by atoms with Gasteiger partial charge in [0.05, 0.1) is 28.9 Å². The average molecular weight is 390 g/mol. The summed E-state index contributed by atoms with van der Waals surface area (Å²) < 4.78 is 58.7. The van der Waals surface area contributed by atoms with Gasteiger partial charge in [0.2, 0.25) is 10.0 Å². The zero-order valence-corrected chi connectivity index (χ0v) is 14.5. The first-order valence-electron chi connectivity index (χ1n) is 7.45. The molecule has 10 heteroatoms. The molecule has 1 fully saturated rings. The van der Waals surface area contributed by atoms with E-state index in [0.29, 0.717) is 23.9 Å². The fourth-order valence-electron chi connectivity index (χ4n) is 2.56. The van der Waals surface area contributed by atoms with Gasteiger partial charge in [0.1, 0.15) is 17.7 Å². The molecule has 25 heavy (non-hydrogen) atoms.